The summed E-state index contributed by atoms with van der Waals surface area (Å²) in [5.41, 5.74) is 0.646. The van der Waals surface area contributed by atoms with Crippen LogP contribution in [-0.4, -0.2) is 47.5 Å². The summed E-state index contributed by atoms with van der Waals surface area (Å²) in [7, 11) is 4.38. The highest BCUT2D eigenvalue weighted by Gasteiger charge is 2.40. The Hall–Kier alpha value is -0.220. The standard InChI is InChI=1S/C14H27N3S/c1-5-13(6-2)11-18-12(16-13)15-10-14(17(3)4)8-7-9-14/h5-11H2,1-4H3,(H,15,16). The molecule has 0 unspecified atom stereocenters. The van der Waals surface area contributed by atoms with Gasteiger partial charge < -0.3 is 10.2 Å². The molecule has 1 heterocycles. The molecule has 1 aliphatic heterocycles. The van der Waals surface area contributed by atoms with Crippen LogP contribution in [0.25, 0.3) is 0 Å². The van der Waals surface area contributed by atoms with Crippen LogP contribution in [-0.2, 0) is 0 Å². The Balaban J connectivity index is 1.95. The summed E-state index contributed by atoms with van der Waals surface area (Å²) in [6, 6.07) is 0. The minimum Gasteiger partial charge on any atom is -0.359 e. The maximum atomic E-state index is 4.86. The molecule has 0 bridgehead atoms. The van der Waals surface area contributed by atoms with E-state index in [2.05, 4.69) is 38.2 Å². The number of rotatable bonds is 5. The molecule has 1 N–H and O–H groups in total. The molecule has 3 nitrogen and oxygen atoms in total. The van der Waals surface area contributed by atoms with Gasteiger partial charge in [-0.25, -0.2) is 0 Å². The van der Waals surface area contributed by atoms with Crippen LogP contribution in [0.3, 0.4) is 0 Å². The molecule has 4 heteroatoms. The van der Waals surface area contributed by atoms with Crippen molar-refractivity contribution in [1.29, 1.82) is 0 Å². The van der Waals surface area contributed by atoms with Gasteiger partial charge in [-0.1, -0.05) is 25.6 Å². The molecule has 0 aromatic heterocycles. The molecule has 0 radical (unpaired) electrons. The maximum absolute atomic E-state index is 4.86. The number of amidine groups is 1. The summed E-state index contributed by atoms with van der Waals surface area (Å²) in [6.45, 7) is 5.50. The van der Waals surface area contributed by atoms with Crippen LogP contribution in [0.4, 0.5) is 0 Å². The molecule has 0 spiro atoms. The Morgan fingerprint density at radius 1 is 1.28 bits per heavy atom. The number of likely N-dealkylation sites (N-methyl/N-ethyl adjacent to an activating group) is 1. The first-order chi connectivity index (χ1) is 8.56. The van der Waals surface area contributed by atoms with E-state index in [0.29, 0.717) is 11.1 Å². The molecule has 2 fully saturated rings. The van der Waals surface area contributed by atoms with Crippen LogP contribution in [0, 0.1) is 0 Å². The molecule has 0 aromatic rings. The van der Waals surface area contributed by atoms with Gasteiger partial charge in [-0.05, 0) is 46.2 Å². The normalized spacial score (nSPS) is 27.3. The third-order valence-corrected chi connectivity index (χ3v) is 6.16. The average molecular weight is 269 g/mol. The molecular weight excluding hydrogens is 242 g/mol. The van der Waals surface area contributed by atoms with Gasteiger partial charge in [0.25, 0.3) is 0 Å². The van der Waals surface area contributed by atoms with Crippen molar-refractivity contribution < 1.29 is 0 Å². The second kappa shape index (κ2) is 5.41. The zero-order chi connectivity index (χ0) is 13.2. The molecular formula is C14H27N3S. The molecule has 1 saturated heterocycles. The quantitative estimate of drug-likeness (QED) is 0.831. The Bertz CT molecular complexity index is 317. The lowest BCUT2D eigenvalue weighted by atomic mass is 9.76. The predicted octanol–water partition coefficient (Wildman–Crippen LogP) is 2.72. The number of hydrogen-bond acceptors (Lipinski definition) is 3. The SMILES string of the molecule is CCC1(CC)CSC(=NCC2(N(C)C)CCC2)N1. The van der Waals surface area contributed by atoms with Crippen molar-refractivity contribution in [3.8, 4) is 0 Å². The molecule has 0 aromatic carbocycles. The summed E-state index contributed by atoms with van der Waals surface area (Å²) in [4.78, 5) is 7.22. The van der Waals surface area contributed by atoms with Gasteiger partial charge in [-0.15, -0.1) is 0 Å². The summed E-state index contributed by atoms with van der Waals surface area (Å²) in [6.07, 6.45) is 6.34. The van der Waals surface area contributed by atoms with Gasteiger partial charge in [-0.2, -0.15) is 0 Å². The van der Waals surface area contributed by atoms with E-state index in [9.17, 15) is 0 Å². The van der Waals surface area contributed by atoms with E-state index in [-0.39, 0.29) is 0 Å². The summed E-state index contributed by atoms with van der Waals surface area (Å²) < 4.78 is 0. The summed E-state index contributed by atoms with van der Waals surface area (Å²) >= 11 is 1.91. The molecule has 0 atom stereocenters. The molecule has 0 amide bonds. The van der Waals surface area contributed by atoms with Crippen LogP contribution in [0.5, 0.6) is 0 Å². The minimum atomic E-state index is 0.300. The van der Waals surface area contributed by atoms with Crippen LogP contribution in [0.15, 0.2) is 4.99 Å². The van der Waals surface area contributed by atoms with E-state index in [1.165, 1.54) is 43.0 Å². The summed E-state index contributed by atoms with van der Waals surface area (Å²) in [5, 5.41) is 4.83. The van der Waals surface area contributed by atoms with Crippen molar-refractivity contribution in [3.63, 3.8) is 0 Å². The van der Waals surface area contributed by atoms with Gasteiger partial charge in [0, 0.05) is 16.8 Å². The van der Waals surface area contributed by atoms with Crippen molar-refractivity contribution in [3.05, 3.63) is 0 Å². The van der Waals surface area contributed by atoms with Gasteiger partial charge in [0.1, 0.15) is 0 Å². The summed E-state index contributed by atoms with van der Waals surface area (Å²) in [5.74, 6) is 1.17. The van der Waals surface area contributed by atoms with Crippen molar-refractivity contribution in [2.75, 3.05) is 26.4 Å². The number of hydrogen-bond donors (Lipinski definition) is 1. The molecule has 1 aliphatic carbocycles. The van der Waals surface area contributed by atoms with Crippen molar-refractivity contribution in [2.24, 2.45) is 4.99 Å². The van der Waals surface area contributed by atoms with Gasteiger partial charge >= 0.3 is 0 Å². The van der Waals surface area contributed by atoms with E-state index in [4.69, 9.17) is 4.99 Å². The van der Waals surface area contributed by atoms with Gasteiger partial charge in [0.15, 0.2) is 5.17 Å². The zero-order valence-corrected chi connectivity index (χ0v) is 13.1. The smallest absolute Gasteiger partial charge is 0.157 e. The first kappa shape index (κ1) is 14.2. The fraction of sp³-hybridized carbons (Fsp3) is 0.929. The minimum absolute atomic E-state index is 0.300. The molecule has 104 valence electrons. The Morgan fingerprint density at radius 3 is 2.33 bits per heavy atom. The van der Waals surface area contributed by atoms with Crippen molar-refractivity contribution in [2.45, 2.75) is 57.0 Å². The highest BCUT2D eigenvalue weighted by atomic mass is 32.2. The second-order valence-electron chi connectivity index (χ2n) is 5.99. The van der Waals surface area contributed by atoms with Crippen LogP contribution >= 0.6 is 11.8 Å². The third-order valence-electron chi connectivity index (χ3n) is 4.96. The number of aliphatic imine (C=N–C) groups is 1. The zero-order valence-electron chi connectivity index (χ0n) is 12.3. The largest absolute Gasteiger partial charge is 0.359 e. The second-order valence-corrected chi connectivity index (χ2v) is 6.96. The van der Waals surface area contributed by atoms with Crippen LogP contribution < -0.4 is 5.32 Å². The number of nitrogens with one attached hydrogen (secondary N) is 1. The number of thioether (sulfide) groups is 1. The third kappa shape index (κ3) is 2.55. The fourth-order valence-electron chi connectivity index (χ4n) is 2.77. The highest BCUT2D eigenvalue weighted by Crippen LogP contribution is 2.37. The molecule has 2 rings (SSSR count). The number of nitrogens with zero attached hydrogens (tertiary/aromatic N) is 2. The first-order valence-electron chi connectivity index (χ1n) is 7.19. The molecule has 2 aliphatic rings. The Morgan fingerprint density at radius 2 is 1.94 bits per heavy atom. The molecule has 1 saturated carbocycles. The lowest BCUT2D eigenvalue weighted by Gasteiger charge is -2.46. The van der Waals surface area contributed by atoms with E-state index < -0.39 is 0 Å². The van der Waals surface area contributed by atoms with Gasteiger partial charge in [0.05, 0.1) is 6.54 Å². The topological polar surface area (TPSA) is 27.6 Å². The van der Waals surface area contributed by atoms with Gasteiger partial charge in [0.2, 0.25) is 0 Å². The average Bonchev–Trinajstić information content (AvgIpc) is 2.72. The molecule has 18 heavy (non-hydrogen) atoms. The fourth-order valence-corrected chi connectivity index (χ4v) is 4.11. The lowest BCUT2D eigenvalue weighted by Crippen LogP contribution is -2.52. The first-order valence-corrected chi connectivity index (χ1v) is 8.17. The van der Waals surface area contributed by atoms with Crippen molar-refractivity contribution >= 4 is 16.9 Å². The van der Waals surface area contributed by atoms with E-state index >= 15 is 0 Å². The van der Waals surface area contributed by atoms with Crippen LogP contribution in [0.1, 0.15) is 46.0 Å². The predicted molar refractivity (Wildman–Crippen MR) is 81.5 cm³/mol. The highest BCUT2D eigenvalue weighted by molar-refractivity contribution is 8.14. The lowest BCUT2D eigenvalue weighted by molar-refractivity contribution is 0.0700. The van der Waals surface area contributed by atoms with Crippen molar-refractivity contribution in [1.82, 2.24) is 10.2 Å². The Kier molecular flexibility index (Phi) is 4.27. The van der Waals surface area contributed by atoms with Crippen LogP contribution in [0.2, 0.25) is 0 Å². The maximum Gasteiger partial charge on any atom is 0.157 e. The monoisotopic (exact) mass is 269 g/mol. The Labute approximate surface area is 116 Å². The van der Waals surface area contributed by atoms with E-state index in [1.54, 1.807) is 0 Å². The van der Waals surface area contributed by atoms with Gasteiger partial charge in [-0.3, -0.25) is 4.99 Å². The van der Waals surface area contributed by atoms with E-state index in [0.717, 1.165) is 6.54 Å². The van der Waals surface area contributed by atoms with E-state index in [1.807, 2.05) is 11.8 Å².